The van der Waals surface area contributed by atoms with Crippen molar-refractivity contribution in [1.82, 2.24) is 0 Å². The lowest BCUT2D eigenvalue weighted by atomic mass is 9.98. The van der Waals surface area contributed by atoms with Crippen LogP contribution in [-0.4, -0.2) is 125 Å². The Morgan fingerprint density at radius 3 is 2.20 bits per heavy atom. The van der Waals surface area contributed by atoms with E-state index in [4.69, 9.17) is 33.5 Å². The topological polar surface area (TPSA) is 197 Å². The summed E-state index contributed by atoms with van der Waals surface area (Å²) in [5.74, 6) is 0.421. The van der Waals surface area contributed by atoms with E-state index in [1.54, 1.807) is 18.2 Å². The molecule has 198 valence electrons. The first kappa shape index (κ1) is 27.5. The molecule has 35 heavy (non-hydrogen) atoms. The number of methoxy groups -OCH3 is 2. The number of hydrogen-bond donors (Lipinski definition) is 7. The van der Waals surface area contributed by atoms with Crippen molar-refractivity contribution in [2.45, 2.75) is 48.7 Å². The highest BCUT2D eigenvalue weighted by molar-refractivity contribution is 5.62. The second-order valence-corrected chi connectivity index (χ2v) is 8.15. The Labute approximate surface area is 201 Å². The number of hydrogen-bond acceptors (Lipinski definition) is 13. The van der Waals surface area contributed by atoms with Crippen LogP contribution in [0.5, 0.6) is 17.2 Å². The van der Waals surface area contributed by atoms with Gasteiger partial charge in [-0.15, -0.1) is 0 Å². The molecule has 13 nitrogen and oxygen atoms in total. The van der Waals surface area contributed by atoms with Crippen molar-refractivity contribution in [2.24, 2.45) is 0 Å². The summed E-state index contributed by atoms with van der Waals surface area (Å²) < 4.78 is 33.3. The Bertz CT molecular complexity index is 839. The van der Waals surface area contributed by atoms with Crippen LogP contribution in [0, 0.1) is 0 Å². The molecule has 2 fully saturated rings. The highest BCUT2D eigenvalue weighted by atomic mass is 16.8. The van der Waals surface area contributed by atoms with Crippen LogP contribution in [0.4, 0.5) is 0 Å². The Balaban J connectivity index is 1.93. The van der Waals surface area contributed by atoms with Crippen LogP contribution in [0.3, 0.4) is 0 Å². The first-order valence-corrected chi connectivity index (χ1v) is 10.8. The van der Waals surface area contributed by atoms with Crippen molar-refractivity contribution in [3.63, 3.8) is 0 Å². The van der Waals surface area contributed by atoms with E-state index < -0.39 is 68.5 Å². The average molecular weight is 504 g/mol. The van der Waals surface area contributed by atoms with Gasteiger partial charge in [-0.3, -0.25) is 0 Å². The molecule has 2 saturated heterocycles. The van der Waals surface area contributed by atoms with Gasteiger partial charge in [0.15, 0.2) is 23.9 Å². The predicted octanol–water partition coefficient (Wildman–Crippen LogP) is -2.65. The van der Waals surface area contributed by atoms with Crippen molar-refractivity contribution in [1.29, 1.82) is 0 Å². The van der Waals surface area contributed by atoms with Crippen LogP contribution in [-0.2, 0) is 14.2 Å². The van der Waals surface area contributed by atoms with Gasteiger partial charge in [0.05, 0.1) is 40.6 Å². The van der Waals surface area contributed by atoms with E-state index in [0.717, 1.165) is 0 Å². The average Bonchev–Trinajstić information content (AvgIpc) is 3.16. The van der Waals surface area contributed by atoms with Gasteiger partial charge < -0.3 is 64.2 Å². The van der Waals surface area contributed by atoms with E-state index in [0.29, 0.717) is 5.56 Å². The summed E-state index contributed by atoms with van der Waals surface area (Å²) in [6, 6.07) is 3.17. The Morgan fingerprint density at radius 1 is 1.03 bits per heavy atom. The molecular formula is C22H32O13. The molecule has 3 rings (SSSR count). The summed E-state index contributed by atoms with van der Waals surface area (Å²) in [5, 5.41) is 69.6. The van der Waals surface area contributed by atoms with Crippen molar-refractivity contribution in [3.05, 3.63) is 23.8 Å². The van der Waals surface area contributed by atoms with Crippen LogP contribution >= 0.6 is 0 Å². The second-order valence-electron chi connectivity index (χ2n) is 8.15. The Hall–Kier alpha value is -2.04. The summed E-state index contributed by atoms with van der Waals surface area (Å²) in [7, 11) is 2.76. The highest BCUT2D eigenvalue weighted by Gasteiger charge is 2.53. The van der Waals surface area contributed by atoms with E-state index in [1.165, 1.54) is 20.3 Å². The van der Waals surface area contributed by atoms with E-state index in [2.05, 4.69) is 0 Å². The van der Waals surface area contributed by atoms with E-state index >= 15 is 0 Å². The van der Waals surface area contributed by atoms with Gasteiger partial charge in [-0.25, -0.2) is 0 Å². The SMILES string of the molecule is COc1cc(/C=C\CO)cc(OC)c1O[C@@H]1OC(CO)[C@@H](O)[C@@H](O)C1O[C@@H]1OC[C@](O)(CO)C1O. The summed E-state index contributed by atoms with van der Waals surface area (Å²) in [6.07, 6.45) is -7.54. The lowest BCUT2D eigenvalue weighted by Crippen LogP contribution is -2.62. The van der Waals surface area contributed by atoms with Gasteiger partial charge in [-0.2, -0.15) is 0 Å². The first-order chi connectivity index (χ1) is 16.7. The van der Waals surface area contributed by atoms with Crippen molar-refractivity contribution >= 4 is 6.08 Å². The first-order valence-electron chi connectivity index (χ1n) is 10.8. The molecule has 1 aromatic carbocycles. The fraction of sp³-hybridized carbons (Fsp3) is 0.636. The Morgan fingerprint density at radius 2 is 1.69 bits per heavy atom. The monoisotopic (exact) mass is 504 g/mol. The molecule has 7 N–H and O–H groups in total. The molecule has 2 heterocycles. The normalized spacial score (nSPS) is 35.4. The maximum atomic E-state index is 10.7. The summed E-state index contributed by atoms with van der Waals surface area (Å²) in [4.78, 5) is 0. The highest BCUT2D eigenvalue weighted by Crippen LogP contribution is 2.41. The van der Waals surface area contributed by atoms with Gasteiger partial charge in [-0.05, 0) is 17.7 Å². The molecule has 0 amide bonds. The molecule has 2 aliphatic rings. The summed E-state index contributed by atoms with van der Waals surface area (Å²) >= 11 is 0. The zero-order valence-electron chi connectivity index (χ0n) is 19.3. The molecular weight excluding hydrogens is 472 g/mol. The molecule has 0 bridgehead atoms. The van der Waals surface area contributed by atoms with Gasteiger partial charge >= 0.3 is 0 Å². The lowest BCUT2D eigenvalue weighted by Gasteiger charge is -2.42. The predicted molar refractivity (Wildman–Crippen MR) is 117 cm³/mol. The molecule has 0 spiro atoms. The minimum absolute atomic E-state index is 0.0368. The standard InChI is InChI=1S/C22H32O13/c1-30-12-6-11(4-3-5-23)7-13(31-2)17(12)34-20-18(16(27)15(26)14(8-24)33-20)35-21-19(28)22(29,9-25)10-32-21/h3-4,6-7,14-16,18-21,23-29H,5,8-10H2,1-2H3/b4-3-/t14?,15-,16-,18?,19?,20+,21+,22-/m1/s1. The van der Waals surface area contributed by atoms with E-state index in [-0.39, 0.29) is 23.9 Å². The molecule has 2 aliphatic heterocycles. The van der Waals surface area contributed by atoms with Crippen molar-refractivity contribution in [3.8, 4) is 17.2 Å². The fourth-order valence-corrected chi connectivity index (χ4v) is 3.78. The maximum absolute atomic E-state index is 10.7. The number of benzene rings is 1. The van der Waals surface area contributed by atoms with Gasteiger partial charge in [-0.1, -0.05) is 12.2 Å². The molecule has 3 unspecified atom stereocenters. The van der Waals surface area contributed by atoms with Gasteiger partial charge in [0.1, 0.15) is 30.0 Å². The van der Waals surface area contributed by atoms with Crippen molar-refractivity contribution in [2.75, 3.05) is 40.6 Å². The zero-order chi connectivity index (χ0) is 25.8. The van der Waals surface area contributed by atoms with Gasteiger partial charge in [0.2, 0.25) is 12.0 Å². The quantitative estimate of drug-likeness (QED) is 0.175. The minimum Gasteiger partial charge on any atom is -0.493 e. The summed E-state index contributed by atoms with van der Waals surface area (Å²) in [5.41, 5.74) is -1.37. The third kappa shape index (κ3) is 5.70. The molecule has 0 saturated carbocycles. The number of rotatable bonds is 10. The van der Waals surface area contributed by atoms with Crippen LogP contribution in [0.2, 0.25) is 0 Å². The fourth-order valence-electron chi connectivity index (χ4n) is 3.78. The number of ether oxygens (including phenoxy) is 6. The second kappa shape index (κ2) is 11.8. The molecule has 0 aliphatic carbocycles. The largest absolute Gasteiger partial charge is 0.493 e. The third-order valence-electron chi connectivity index (χ3n) is 5.83. The van der Waals surface area contributed by atoms with Crippen LogP contribution in [0.1, 0.15) is 5.56 Å². The van der Waals surface area contributed by atoms with Crippen molar-refractivity contribution < 1.29 is 64.2 Å². The van der Waals surface area contributed by atoms with Gasteiger partial charge in [0, 0.05) is 0 Å². The van der Waals surface area contributed by atoms with Crippen LogP contribution < -0.4 is 14.2 Å². The number of aliphatic hydroxyl groups is 7. The molecule has 13 heteroatoms. The van der Waals surface area contributed by atoms with Crippen LogP contribution in [0.15, 0.2) is 18.2 Å². The molecule has 1 aromatic rings. The number of aliphatic hydroxyl groups excluding tert-OH is 6. The maximum Gasteiger partial charge on any atom is 0.230 e. The lowest BCUT2D eigenvalue weighted by molar-refractivity contribution is -0.319. The minimum atomic E-state index is -1.99. The Kier molecular flexibility index (Phi) is 9.28. The zero-order valence-corrected chi connectivity index (χ0v) is 19.3. The smallest absolute Gasteiger partial charge is 0.230 e. The molecule has 8 atom stereocenters. The molecule has 0 aromatic heterocycles. The molecule has 0 radical (unpaired) electrons. The van der Waals surface area contributed by atoms with E-state index in [9.17, 15) is 30.6 Å². The van der Waals surface area contributed by atoms with Crippen LogP contribution in [0.25, 0.3) is 6.08 Å². The third-order valence-corrected chi connectivity index (χ3v) is 5.83. The van der Waals surface area contributed by atoms with E-state index in [1.807, 2.05) is 0 Å². The summed E-state index contributed by atoms with van der Waals surface area (Å²) in [6.45, 7) is -2.09. The van der Waals surface area contributed by atoms with Gasteiger partial charge in [0.25, 0.3) is 0 Å².